The molecule has 4 aromatic rings. The highest BCUT2D eigenvalue weighted by Crippen LogP contribution is 2.29. The van der Waals surface area contributed by atoms with E-state index in [2.05, 4.69) is 31.0 Å². The largest absolute Gasteiger partial charge is 0.495 e. The first-order valence-electron chi connectivity index (χ1n) is 9.70. The van der Waals surface area contributed by atoms with Crippen molar-refractivity contribution in [2.75, 3.05) is 18.6 Å². The molecule has 0 unspecified atom stereocenters. The average Bonchev–Trinajstić information content (AvgIpc) is 2.78. The monoisotopic (exact) mass is 400 g/mol. The number of ether oxygens (including phenoxy) is 1. The molecule has 8 nitrogen and oxygen atoms in total. The molecule has 0 aromatic carbocycles. The Hall–Kier alpha value is -3.81. The van der Waals surface area contributed by atoms with E-state index in [0.29, 0.717) is 17.9 Å². The number of aryl methyl sites for hydroxylation is 1. The predicted molar refractivity (Wildman–Crippen MR) is 113 cm³/mol. The van der Waals surface area contributed by atoms with Crippen molar-refractivity contribution in [3.63, 3.8) is 0 Å². The normalized spacial score (nSPS) is 13.3. The third-order valence-corrected chi connectivity index (χ3v) is 5.36. The van der Waals surface area contributed by atoms with Gasteiger partial charge in [-0.05, 0) is 36.2 Å². The number of nitrogens with zero attached hydrogens (tertiary/aromatic N) is 6. The van der Waals surface area contributed by atoms with E-state index in [0.717, 1.165) is 46.7 Å². The highest BCUT2D eigenvalue weighted by atomic mass is 16.5. The van der Waals surface area contributed by atoms with Crippen LogP contribution < -0.4 is 15.2 Å². The summed E-state index contributed by atoms with van der Waals surface area (Å²) >= 11 is 0. The lowest BCUT2D eigenvalue weighted by Gasteiger charge is -2.30. The molecule has 150 valence electrons. The van der Waals surface area contributed by atoms with Gasteiger partial charge < -0.3 is 9.64 Å². The van der Waals surface area contributed by atoms with Gasteiger partial charge in [0.05, 0.1) is 13.3 Å². The summed E-state index contributed by atoms with van der Waals surface area (Å²) in [6, 6.07) is 7.42. The highest BCUT2D eigenvalue weighted by Gasteiger charge is 2.21. The van der Waals surface area contributed by atoms with Crippen molar-refractivity contribution in [2.45, 2.75) is 19.9 Å². The van der Waals surface area contributed by atoms with Crippen LogP contribution in [0.2, 0.25) is 0 Å². The van der Waals surface area contributed by atoms with Gasteiger partial charge in [-0.25, -0.2) is 4.98 Å². The second kappa shape index (κ2) is 7.22. The van der Waals surface area contributed by atoms with Crippen LogP contribution in [-0.4, -0.2) is 38.2 Å². The van der Waals surface area contributed by atoms with Crippen LogP contribution in [0, 0.1) is 6.92 Å². The number of fused-ring (bicyclic) bond motifs is 2. The number of methoxy groups -OCH3 is 1. The van der Waals surface area contributed by atoms with E-state index < -0.39 is 0 Å². The zero-order valence-corrected chi connectivity index (χ0v) is 16.7. The third-order valence-electron chi connectivity index (χ3n) is 5.36. The molecule has 0 amide bonds. The Morgan fingerprint density at radius 2 is 1.93 bits per heavy atom. The maximum Gasteiger partial charge on any atom is 0.274 e. The molecule has 30 heavy (non-hydrogen) atoms. The van der Waals surface area contributed by atoms with Gasteiger partial charge in [0, 0.05) is 61.0 Å². The number of anilines is 1. The highest BCUT2D eigenvalue weighted by molar-refractivity contribution is 5.64. The van der Waals surface area contributed by atoms with Crippen LogP contribution >= 0.6 is 0 Å². The van der Waals surface area contributed by atoms with E-state index in [1.54, 1.807) is 19.5 Å². The summed E-state index contributed by atoms with van der Waals surface area (Å²) in [7, 11) is 1.63. The van der Waals surface area contributed by atoms with Gasteiger partial charge in [0.25, 0.3) is 5.56 Å². The molecule has 0 spiro atoms. The average molecular weight is 400 g/mol. The van der Waals surface area contributed by atoms with Crippen molar-refractivity contribution in [3.05, 3.63) is 76.2 Å². The lowest BCUT2D eigenvalue weighted by molar-refractivity contribution is 0.413. The first kappa shape index (κ1) is 18.2. The summed E-state index contributed by atoms with van der Waals surface area (Å²) in [6.07, 6.45) is 7.70. The van der Waals surface area contributed by atoms with Gasteiger partial charge >= 0.3 is 0 Å². The summed E-state index contributed by atoms with van der Waals surface area (Å²) in [5.41, 5.74) is 5.52. The number of hydrogen-bond donors (Lipinski definition) is 0. The lowest BCUT2D eigenvalue weighted by Crippen LogP contribution is -2.33. The molecule has 1 aliphatic heterocycles. The van der Waals surface area contributed by atoms with Gasteiger partial charge in [-0.3, -0.25) is 14.8 Å². The van der Waals surface area contributed by atoms with Crippen LogP contribution in [0.15, 0.2) is 53.8 Å². The topological polar surface area (TPSA) is 85.5 Å². The first-order valence-corrected chi connectivity index (χ1v) is 9.70. The minimum Gasteiger partial charge on any atom is -0.495 e. The Balaban J connectivity index is 1.51. The van der Waals surface area contributed by atoms with Gasteiger partial charge in [0.1, 0.15) is 5.75 Å². The minimum atomic E-state index is -0.187. The van der Waals surface area contributed by atoms with Gasteiger partial charge in [0.15, 0.2) is 11.5 Å². The van der Waals surface area contributed by atoms with Crippen LogP contribution in [0.25, 0.3) is 16.8 Å². The summed E-state index contributed by atoms with van der Waals surface area (Å²) in [5, 5.41) is 4.59. The van der Waals surface area contributed by atoms with Crippen LogP contribution in [0.4, 0.5) is 5.82 Å². The van der Waals surface area contributed by atoms with E-state index in [1.807, 2.05) is 25.3 Å². The maximum absolute atomic E-state index is 12.2. The number of rotatable bonds is 3. The second-order valence-electron chi connectivity index (χ2n) is 7.32. The van der Waals surface area contributed by atoms with E-state index >= 15 is 0 Å². The van der Waals surface area contributed by atoms with Crippen molar-refractivity contribution in [2.24, 2.45) is 0 Å². The molecule has 1 aliphatic rings. The first-order chi connectivity index (χ1) is 14.6. The third kappa shape index (κ3) is 3.16. The molecular weight excluding hydrogens is 380 g/mol. The van der Waals surface area contributed by atoms with Crippen molar-refractivity contribution >= 4 is 11.5 Å². The Bertz CT molecular complexity index is 1320. The smallest absolute Gasteiger partial charge is 0.274 e. The van der Waals surface area contributed by atoms with Gasteiger partial charge in [-0.2, -0.15) is 4.52 Å². The Kier molecular flexibility index (Phi) is 4.39. The molecule has 0 atom stereocenters. The number of aromatic nitrogens is 5. The molecule has 4 aromatic heterocycles. The fourth-order valence-corrected chi connectivity index (χ4v) is 3.81. The molecule has 8 heteroatoms. The van der Waals surface area contributed by atoms with E-state index in [9.17, 15) is 4.79 Å². The zero-order chi connectivity index (χ0) is 20.7. The van der Waals surface area contributed by atoms with Crippen LogP contribution in [0.3, 0.4) is 0 Å². The fourth-order valence-electron chi connectivity index (χ4n) is 3.81. The minimum absolute atomic E-state index is 0.187. The maximum atomic E-state index is 12.2. The molecule has 0 aliphatic carbocycles. The summed E-state index contributed by atoms with van der Waals surface area (Å²) in [5.74, 6) is 1.50. The molecule has 5 rings (SSSR count). The van der Waals surface area contributed by atoms with Crippen LogP contribution in [0.5, 0.6) is 5.75 Å². The van der Waals surface area contributed by atoms with Crippen molar-refractivity contribution < 1.29 is 4.74 Å². The lowest BCUT2D eigenvalue weighted by atomic mass is 10.0. The Morgan fingerprint density at radius 1 is 1.07 bits per heavy atom. The molecule has 0 radical (unpaired) electrons. The van der Waals surface area contributed by atoms with E-state index in [-0.39, 0.29) is 5.56 Å². The summed E-state index contributed by atoms with van der Waals surface area (Å²) < 4.78 is 6.65. The molecule has 0 bridgehead atoms. The summed E-state index contributed by atoms with van der Waals surface area (Å²) in [6.45, 7) is 3.45. The number of hydrogen-bond acceptors (Lipinski definition) is 7. The van der Waals surface area contributed by atoms with E-state index in [4.69, 9.17) is 4.74 Å². The summed E-state index contributed by atoms with van der Waals surface area (Å²) in [4.78, 5) is 27.5. The van der Waals surface area contributed by atoms with E-state index in [1.165, 1.54) is 16.8 Å². The predicted octanol–water partition coefficient (Wildman–Crippen LogP) is 2.43. The fraction of sp³-hybridized carbons (Fsp3) is 0.227. The van der Waals surface area contributed by atoms with Gasteiger partial charge in [0.2, 0.25) is 0 Å². The number of pyridine rings is 2. The SMILES string of the molecule is COc1cncc(-c2cnc3c(c2)CN(c2nn4c(=O)ccnc4cc2C)CC3)c1. The molecule has 0 fully saturated rings. The van der Waals surface area contributed by atoms with Crippen molar-refractivity contribution in [1.82, 2.24) is 24.6 Å². The van der Waals surface area contributed by atoms with Crippen molar-refractivity contribution in [1.29, 1.82) is 0 Å². The molecule has 0 saturated carbocycles. The van der Waals surface area contributed by atoms with Gasteiger partial charge in [-0.15, -0.1) is 5.10 Å². The second-order valence-corrected chi connectivity index (χ2v) is 7.32. The Labute approximate surface area is 172 Å². The molecule has 5 heterocycles. The van der Waals surface area contributed by atoms with Crippen LogP contribution in [-0.2, 0) is 13.0 Å². The standard InChI is InChI=1S/C22H20N6O2/c1-14-7-20-24-5-3-21(29)28(20)26-22(14)27-6-4-19-17(13-27)8-15(11-25-19)16-9-18(30-2)12-23-10-16/h3,5,7-12H,4,6,13H2,1-2H3. The molecule has 0 saturated heterocycles. The van der Waals surface area contributed by atoms with Crippen LogP contribution in [0.1, 0.15) is 16.8 Å². The zero-order valence-electron chi connectivity index (χ0n) is 16.7. The molecular formula is C22H20N6O2. The van der Waals surface area contributed by atoms with Crippen molar-refractivity contribution in [3.8, 4) is 16.9 Å². The van der Waals surface area contributed by atoms with Gasteiger partial charge in [-0.1, -0.05) is 0 Å². The quantitative estimate of drug-likeness (QED) is 0.522. The Morgan fingerprint density at radius 3 is 2.80 bits per heavy atom. The molecule has 0 N–H and O–H groups in total.